The minimum atomic E-state index is 0.0323. The van der Waals surface area contributed by atoms with Gasteiger partial charge in [0.1, 0.15) is 0 Å². The third kappa shape index (κ3) is 2.01. The number of rotatable bonds is 3. The fourth-order valence-corrected chi connectivity index (χ4v) is 1.62. The topological polar surface area (TPSA) is 0 Å². The lowest BCUT2D eigenvalue weighted by Crippen LogP contribution is -2.25. The van der Waals surface area contributed by atoms with Crippen LogP contribution in [0.25, 0.3) is 0 Å². The molecule has 1 aromatic carbocycles. The van der Waals surface area contributed by atoms with Gasteiger partial charge in [0.25, 0.3) is 0 Å². The molecule has 0 saturated heterocycles. The Morgan fingerprint density at radius 3 is 2.14 bits per heavy atom. The second kappa shape index (κ2) is 4.18. The molecule has 0 aromatic heterocycles. The van der Waals surface area contributed by atoms with Crippen molar-refractivity contribution in [3.63, 3.8) is 0 Å². The van der Waals surface area contributed by atoms with E-state index in [9.17, 15) is 0 Å². The zero-order valence-electron chi connectivity index (χ0n) is 9.05. The lowest BCUT2D eigenvalue weighted by Gasteiger charge is -2.30. The van der Waals surface area contributed by atoms with Gasteiger partial charge in [0, 0.05) is 10.4 Å². The van der Waals surface area contributed by atoms with E-state index in [2.05, 4.69) is 39.5 Å². The molecule has 0 aliphatic carbocycles. The van der Waals surface area contributed by atoms with Gasteiger partial charge in [0.05, 0.1) is 0 Å². The highest BCUT2D eigenvalue weighted by Crippen LogP contribution is 2.33. The molecule has 0 spiro atoms. The molecule has 1 aromatic rings. The van der Waals surface area contributed by atoms with Crippen LogP contribution in [0.3, 0.4) is 0 Å². The first-order chi connectivity index (χ1) is 6.50. The molecule has 1 atom stereocenters. The van der Waals surface area contributed by atoms with Gasteiger partial charge in [-0.05, 0) is 23.6 Å². The molecule has 0 N–H and O–H groups in total. The molecular weight excluding hydrogens is 192 g/mol. The number of halogens is 1. The van der Waals surface area contributed by atoms with Crippen molar-refractivity contribution in [2.75, 3.05) is 0 Å². The van der Waals surface area contributed by atoms with E-state index in [0.717, 1.165) is 5.02 Å². The van der Waals surface area contributed by atoms with E-state index in [1.807, 2.05) is 18.2 Å². The summed E-state index contributed by atoms with van der Waals surface area (Å²) >= 11 is 5.86. The van der Waals surface area contributed by atoms with Crippen molar-refractivity contribution < 1.29 is 0 Å². The van der Waals surface area contributed by atoms with E-state index in [1.165, 1.54) is 5.56 Å². The second-order valence-electron chi connectivity index (χ2n) is 4.15. The van der Waals surface area contributed by atoms with Gasteiger partial charge in [-0.15, -0.1) is 6.58 Å². The third-order valence-corrected chi connectivity index (χ3v) is 3.34. The Kier molecular flexibility index (Phi) is 3.38. The van der Waals surface area contributed by atoms with Crippen molar-refractivity contribution in [3.8, 4) is 0 Å². The van der Waals surface area contributed by atoms with Crippen LogP contribution in [-0.4, -0.2) is 0 Å². The Morgan fingerprint density at radius 2 is 1.79 bits per heavy atom. The molecule has 76 valence electrons. The zero-order valence-corrected chi connectivity index (χ0v) is 9.81. The quantitative estimate of drug-likeness (QED) is 0.645. The molecule has 0 nitrogen and oxygen atoms in total. The first kappa shape index (κ1) is 11.3. The Bertz CT molecular complexity index is 311. The summed E-state index contributed by atoms with van der Waals surface area (Å²) in [6, 6.07) is 8.01. The lowest BCUT2D eigenvalue weighted by molar-refractivity contribution is 0.421. The molecule has 0 saturated carbocycles. The van der Waals surface area contributed by atoms with Gasteiger partial charge < -0.3 is 0 Å². The van der Waals surface area contributed by atoms with Crippen LogP contribution in [0.15, 0.2) is 36.9 Å². The predicted octanol–water partition coefficient (Wildman–Crippen LogP) is 4.44. The van der Waals surface area contributed by atoms with Crippen molar-refractivity contribution in [2.24, 2.45) is 5.92 Å². The minimum absolute atomic E-state index is 0.0323. The normalized spacial score (nSPS) is 15.2. The number of hydrogen-bond acceptors (Lipinski definition) is 0. The Balaban J connectivity index is 3.13. The lowest BCUT2D eigenvalue weighted by atomic mass is 9.74. The Labute approximate surface area is 91.6 Å². The summed E-state index contributed by atoms with van der Waals surface area (Å²) in [5.74, 6) is 0.529. The summed E-state index contributed by atoms with van der Waals surface area (Å²) in [6.07, 6.45) is 2.01. The van der Waals surface area contributed by atoms with Gasteiger partial charge >= 0.3 is 0 Å². The molecule has 0 amide bonds. The highest BCUT2D eigenvalue weighted by Gasteiger charge is 2.26. The Morgan fingerprint density at radius 1 is 1.29 bits per heavy atom. The number of hydrogen-bond donors (Lipinski definition) is 0. The summed E-state index contributed by atoms with van der Waals surface area (Å²) in [6.45, 7) is 10.5. The average Bonchev–Trinajstić information content (AvgIpc) is 2.17. The highest BCUT2D eigenvalue weighted by atomic mass is 35.5. The van der Waals surface area contributed by atoms with Gasteiger partial charge in [0.15, 0.2) is 0 Å². The summed E-state index contributed by atoms with van der Waals surface area (Å²) in [7, 11) is 0. The van der Waals surface area contributed by atoms with Gasteiger partial charge in [-0.25, -0.2) is 0 Å². The van der Waals surface area contributed by atoms with E-state index in [4.69, 9.17) is 11.6 Å². The smallest absolute Gasteiger partial charge is 0.0406 e. The summed E-state index contributed by atoms with van der Waals surface area (Å²) < 4.78 is 0. The molecule has 14 heavy (non-hydrogen) atoms. The summed E-state index contributed by atoms with van der Waals surface area (Å²) in [5.41, 5.74) is 1.30. The van der Waals surface area contributed by atoms with Crippen LogP contribution < -0.4 is 0 Å². The molecule has 0 aliphatic rings. The molecule has 0 bridgehead atoms. The largest absolute Gasteiger partial charge is 0.102 e. The van der Waals surface area contributed by atoms with Gasteiger partial charge in [-0.3, -0.25) is 0 Å². The van der Waals surface area contributed by atoms with Crippen LogP contribution >= 0.6 is 11.6 Å². The first-order valence-electron chi connectivity index (χ1n) is 4.90. The molecule has 1 heteroatoms. The van der Waals surface area contributed by atoms with Gasteiger partial charge in [0.2, 0.25) is 0 Å². The van der Waals surface area contributed by atoms with Crippen LogP contribution in [0.4, 0.5) is 0 Å². The monoisotopic (exact) mass is 208 g/mol. The van der Waals surface area contributed by atoms with Crippen LogP contribution in [0.5, 0.6) is 0 Å². The molecular formula is C13H17Cl. The minimum Gasteiger partial charge on any atom is -0.102 e. The van der Waals surface area contributed by atoms with E-state index >= 15 is 0 Å². The fourth-order valence-electron chi connectivity index (χ4n) is 1.50. The van der Waals surface area contributed by atoms with Gasteiger partial charge in [-0.2, -0.15) is 0 Å². The van der Waals surface area contributed by atoms with Crippen molar-refractivity contribution in [2.45, 2.75) is 26.2 Å². The summed E-state index contributed by atoms with van der Waals surface area (Å²) in [5, 5.41) is 0.781. The molecule has 0 aliphatic heterocycles. The molecule has 0 heterocycles. The summed E-state index contributed by atoms with van der Waals surface area (Å²) in [4.78, 5) is 0. The van der Waals surface area contributed by atoms with Crippen molar-refractivity contribution in [3.05, 3.63) is 47.5 Å². The van der Waals surface area contributed by atoms with Crippen LogP contribution in [0, 0.1) is 5.92 Å². The average molecular weight is 209 g/mol. The second-order valence-corrected chi connectivity index (χ2v) is 4.58. The zero-order chi connectivity index (χ0) is 10.8. The maximum atomic E-state index is 5.86. The number of benzene rings is 1. The highest BCUT2D eigenvalue weighted by molar-refractivity contribution is 6.30. The van der Waals surface area contributed by atoms with E-state index < -0.39 is 0 Å². The standard InChI is InChI=1S/C13H17Cl/c1-5-13(4,10(2)3)11-6-8-12(14)9-7-11/h5-10H,1H2,2-4H3/t13-/m0/s1. The van der Waals surface area contributed by atoms with Crippen molar-refractivity contribution in [1.82, 2.24) is 0 Å². The SMILES string of the molecule is C=C[C@](C)(c1ccc(Cl)cc1)C(C)C. The first-order valence-corrected chi connectivity index (χ1v) is 5.28. The van der Waals surface area contributed by atoms with Gasteiger partial charge in [-0.1, -0.05) is 50.6 Å². The number of allylic oxidation sites excluding steroid dienone is 1. The fraction of sp³-hybridized carbons (Fsp3) is 0.385. The molecule has 1 rings (SSSR count). The predicted molar refractivity (Wildman–Crippen MR) is 63.8 cm³/mol. The maximum absolute atomic E-state index is 5.86. The van der Waals surface area contributed by atoms with Crippen molar-refractivity contribution in [1.29, 1.82) is 0 Å². The van der Waals surface area contributed by atoms with Crippen molar-refractivity contribution >= 4 is 11.6 Å². The van der Waals surface area contributed by atoms with Crippen LogP contribution in [0.2, 0.25) is 5.02 Å². The third-order valence-electron chi connectivity index (χ3n) is 3.09. The molecule has 0 unspecified atom stereocenters. The molecule has 0 fully saturated rings. The molecule has 0 radical (unpaired) electrons. The van der Waals surface area contributed by atoms with Crippen LogP contribution in [-0.2, 0) is 5.41 Å². The maximum Gasteiger partial charge on any atom is 0.0406 e. The van der Waals surface area contributed by atoms with E-state index in [1.54, 1.807) is 0 Å². The van der Waals surface area contributed by atoms with Crippen LogP contribution in [0.1, 0.15) is 26.3 Å². The van der Waals surface area contributed by atoms with E-state index in [0.29, 0.717) is 5.92 Å². The van der Waals surface area contributed by atoms with E-state index in [-0.39, 0.29) is 5.41 Å². The Hall–Kier alpha value is -0.750.